The summed E-state index contributed by atoms with van der Waals surface area (Å²) in [6, 6.07) is 9.77. The van der Waals surface area contributed by atoms with Crippen molar-refractivity contribution in [3.05, 3.63) is 52.2 Å². The van der Waals surface area contributed by atoms with Gasteiger partial charge in [-0.3, -0.25) is 4.57 Å². The van der Waals surface area contributed by atoms with Crippen LogP contribution in [-0.2, 0) is 13.0 Å². The topological polar surface area (TPSA) is 70.9 Å². The minimum Gasteiger partial charge on any atom is -0.395 e. The van der Waals surface area contributed by atoms with Gasteiger partial charge in [-0.25, -0.2) is 9.89 Å². The second-order valence-corrected chi connectivity index (χ2v) is 3.48. The average molecular weight is 219 g/mol. The number of aliphatic hydroxyl groups is 1. The standard InChI is InChI=1S/C11H13N3O2/c15-7-6-14-10(12-13-11(14)16)8-9-4-2-1-3-5-9/h1-5,15H,6-8H2,(H,13,16). The molecule has 0 aliphatic carbocycles. The summed E-state index contributed by atoms with van der Waals surface area (Å²) in [5.41, 5.74) is 0.806. The van der Waals surface area contributed by atoms with E-state index in [1.807, 2.05) is 30.3 Å². The van der Waals surface area contributed by atoms with E-state index in [0.29, 0.717) is 12.2 Å². The van der Waals surface area contributed by atoms with Crippen LogP contribution in [0.3, 0.4) is 0 Å². The first kappa shape index (κ1) is 10.6. The summed E-state index contributed by atoms with van der Waals surface area (Å²) in [6.07, 6.45) is 0.583. The Bertz CT molecular complexity index is 501. The molecule has 16 heavy (non-hydrogen) atoms. The minimum absolute atomic E-state index is 0.0682. The van der Waals surface area contributed by atoms with Crippen molar-refractivity contribution in [3.63, 3.8) is 0 Å². The zero-order valence-electron chi connectivity index (χ0n) is 8.76. The van der Waals surface area contributed by atoms with Gasteiger partial charge in [0.15, 0.2) is 0 Å². The van der Waals surface area contributed by atoms with Crippen LogP contribution in [0.4, 0.5) is 0 Å². The lowest BCUT2D eigenvalue weighted by molar-refractivity contribution is 0.272. The minimum atomic E-state index is -0.278. The van der Waals surface area contributed by atoms with Crippen LogP contribution < -0.4 is 5.69 Å². The van der Waals surface area contributed by atoms with Crippen LogP contribution in [-0.4, -0.2) is 26.5 Å². The summed E-state index contributed by atoms with van der Waals surface area (Å²) < 4.78 is 1.45. The predicted molar refractivity (Wildman–Crippen MR) is 59.2 cm³/mol. The van der Waals surface area contributed by atoms with Crippen LogP contribution in [0.15, 0.2) is 35.1 Å². The zero-order chi connectivity index (χ0) is 11.4. The maximum Gasteiger partial charge on any atom is 0.343 e. The van der Waals surface area contributed by atoms with Gasteiger partial charge in [-0.1, -0.05) is 30.3 Å². The summed E-state index contributed by atoms with van der Waals surface area (Å²) in [5, 5.41) is 15.2. The molecule has 2 rings (SSSR count). The number of rotatable bonds is 4. The Hall–Kier alpha value is -1.88. The quantitative estimate of drug-likeness (QED) is 0.769. The van der Waals surface area contributed by atoms with Crippen LogP contribution in [0.5, 0.6) is 0 Å². The number of nitrogens with zero attached hydrogens (tertiary/aromatic N) is 2. The van der Waals surface area contributed by atoms with E-state index in [2.05, 4.69) is 10.2 Å². The molecule has 0 radical (unpaired) electrons. The monoisotopic (exact) mass is 219 g/mol. The second kappa shape index (κ2) is 4.76. The van der Waals surface area contributed by atoms with Gasteiger partial charge in [0.25, 0.3) is 0 Å². The van der Waals surface area contributed by atoms with Crippen molar-refractivity contribution in [2.75, 3.05) is 6.61 Å². The highest BCUT2D eigenvalue weighted by atomic mass is 16.3. The molecule has 0 spiro atoms. The van der Waals surface area contributed by atoms with Crippen molar-refractivity contribution in [3.8, 4) is 0 Å². The molecule has 2 aromatic rings. The van der Waals surface area contributed by atoms with Crippen molar-refractivity contribution in [1.29, 1.82) is 0 Å². The first-order valence-electron chi connectivity index (χ1n) is 5.10. The Morgan fingerprint density at radius 3 is 2.75 bits per heavy atom. The number of hydrogen-bond donors (Lipinski definition) is 2. The largest absolute Gasteiger partial charge is 0.395 e. The maximum atomic E-state index is 11.4. The van der Waals surface area contributed by atoms with Gasteiger partial charge in [-0.05, 0) is 5.56 Å². The van der Waals surface area contributed by atoms with E-state index >= 15 is 0 Å². The number of H-pyrrole nitrogens is 1. The van der Waals surface area contributed by atoms with Crippen LogP contribution in [0, 0.1) is 0 Å². The van der Waals surface area contributed by atoms with Crippen molar-refractivity contribution < 1.29 is 5.11 Å². The number of benzene rings is 1. The molecule has 1 aromatic carbocycles. The van der Waals surface area contributed by atoms with Gasteiger partial charge < -0.3 is 5.11 Å². The summed E-state index contributed by atoms with van der Waals surface area (Å²) >= 11 is 0. The number of aromatic nitrogens is 3. The summed E-state index contributed by atoms with van der Waals surface area (Å²) in [5.74, 6) is 0.644. The molecule has 0 fully saturated rings. The summed E-state index contributed by atoms with van der Waals surface area (Å²) in [4.78, 5) is 11.4. The van der Waals surface area contributed by atoms with Gasteiger partial charge in [0.2, 0.25) is 0 Å². The van der Waals surface area contributed by atoms with E-state index in [9.17, 15) is 4.79 Å². The molecule has 0 unspecified atom stereocenters. The average Bonchev–Trinajstić information content (AvgIpc) is 2.64. The smallest absolute Gasteiger partial charge is 0.343 e. The summed E-state index contributed by atoms with van der Waals surface area (Å²) in [6.45, 7) is 0.207. The molecule has 0 aliphatic rings. The number of hydrogen-bond acceptors (Lipinski definition) is 3. The highest BCUT2D eigenvalue weighted by Crippen LogP contribution is 2.04. The van der Waals surface area contributed by atoms with Crippen LogP contribution in [0.25, 0.3) is 0 Å². The van der Waals surface area contributed by atoms with E-state index in [1.54, 1.807) is 0 Å². The van der Waals surface area contributed by atoms with E-state index in [4.69, 9.17) is 5.11 Å². The molecule has 0 aliphatic heterocycles. The van der Waals surface area contributed by atoms with Gasteiger partial charge in [-0.15, -0.1) is 0 Å². The molecule has 2 N–H and O–H groups in total. The zero-order valence-corrected chi connectivity index (χ0v) is 8.76. The first-order valence-corrected chi connectivity index (χ1v) is 5.10. The Kier molecular flexibility index (Phi) is 3.16. The third-order valence-corrected chi connectivity index (χ3v) is 2.37. The third kappa shape index (κ3) is 2.20. The molecule has 5 heteroatoms. The Labute approximate surface area is 92.4 Å². The van der Waals surface area contributed by atoms with Crippen molar-refractivity contribution in [1.82, 2.24) is 14.8 Å². The number of aliphatic hydroxyl groups excluding tert-OH is 1. The number of nitrogens with one attached hydrogen (secondary N) is 1. The molecular formula is C11H13N3O2. The van der Waals surface area contributed by atoms with Crippen LogP contribution >= 0.6 is 0 Å². The molecule has 0 saturated heterocycles. The van der Waals surface area contributed by atoms with Crippen LogP contribution in [0.2, 0.25) is 0 Å². The maximum absolute atomic E-state index is 11.4. The molecule has 84 valence electrons. The van der Waals surface area contributed by atoms with Crippen molar-refractivity contribution in [2.45, 2.75) is 13.0 Å². The molecule has 0 atom stereocenters. The second-order valence-electron chi connectivity index (χ2n) is 3.48. The van der Waals surface area contributed by atoms with Gasteiger partial charge in [0.05, 0.1) is 13.2 Å². The molecule has 1 aromatic heterocycles. The van der Waals surface area contributed by atoms with E-state index in [1.165, 1.54) is 4.57 Å². The van der Waals surface area contributed by atoms with E-state index < -0.39 is 0 Å². The molecular weight excluding hydrogens is 206 g/mol. The fourth-order valence-electron chi connectivity index (χ4n) is 1.59. The molecule has 0 bridgehead atoms. The molecule has 1 heterocycles. The SMILES string of the molecule is O=c1[nH]nc(Cc2ccccc2)n1CCO. The predicted octanol–water partition coefficient (Wildman–Crippen LogP) is 0.154. The fraction of sp³-hybridized carbons (Fsp3) is 0.273. The lowest BCUT2D eigenvalue weighted by Crippen LogP contribution is -2.20. The lowest BCUT2D eigenvalue weighted by atomic mass is 10.1. The van der Waals surface area contributed by atoms with E-state index in [-0.39, 0.29) is 18.8 Å². The molecule has 0 amide bonds. The fourth-order valence-corrected chi connectivity index (χ4v) is 1.59. The normalized spacial score (nSPS) is 10.6. The van der Waals surface area contributed by atoms with E-state index in [0.717, 1.165) is 5.56 Å². The van der Waals surface area contributed by atoms with Gasteiger partial charge in [0.1, 0.15) is 5.82 Å². The van der Waals surface area contributed by atoms with Crippen molar-refractivity contribution in [2.24, 2.45) is 0 Å². The number of aromatic amines is 1. The molecule has 0 saturated carbocycles. The Morgan fingerprint density at radius 1 is 1.31 bits per heavy atom. The highest BCUT2D eigenvalue weighted by Gasteiger charge is 2.07. The molecule has 5 nitrogen and oxygen atoms in total. The van der Waals surface area contributed by atoms with Gasteiger partial charge >= 0.3 is 5.69 Å². The Balaban J connectivity index is 2.25. The van der Waals surface area contributed by atoms with Crippen LogP contribution in [0.1, 0.15) is 11.4 Å². The Morgan fingerprint density at radius 2 is 2.06 bits per heavy atom. The summed E-state index contributed by atoms with van der Waals surface area (Å²) in [7, 11) is 0. The first-order chi connectivity index (χ1) is 7.81. The highest BCUT2D eigenvalue weighted by molar-refractivity contribution is 5.18. The van der Waals surface area contributed by atoms with Gasteiger partial charge in [-0.2, -0.15) is 5.10 Å². The third-order valence-electron chi connectivity index (χ3n) is 2.37. The van der Waals surface area contributed by atoms with Crippen molar-refractivity contribution >= 4 is 0 Å². The van der Waals surface area contributed by atoms with Gasteiger partial charge in [0, 0.05) is 6.42 Å². The lowest BCUT2D eigenvalue weighted by Gasteiger charge is -2.03.